The molecule has 0 saturated carbocycles. The number of benzene rings is 2. The number of nitrogens with zero attached hydrogens (tertiary/aromatic N) is 3. The van der Waals surface area contributed by atoms with Crippen LogP contribution in [0.5, 0.6) is 0 Å². The Kier molecular flexibility index (Phi) is 7.69. The summed E-state index contributed by atoms with van der Waals surface area (Å²) in [7, 11) is 1.86. The van der Waals surface area contributed by atoms with Crippen molar-refractivity contribution >= 4 is 53.7 Å². The van der Waals surface area contributed by atoms with E-state index in [1.54, 1.807) is 0 Å². The van der Waals surface area contributed by atoms with E-state index in [0.29, 0.717) is 26.2 Å². The Morgan fingerprint density at radius 2 is 1.29 bits per heavy atom. The second kappa shape index (κ2) is 10.3. The Labute approximate surface area is 200 Å². The molecule has 168 valence electrons. The van der Waals surface area contributed by atoms with Crippen molar-refractivity contribution in [2.45, 2.75) is 18.8 Å². The van der Waals surface area contributed by atoms with E-state index in [-0.39, 0.29) is 6.10 Å². The number of halogens is 2. The quantitative estimate of drug-likeness (QED) is 0.400. The van der Waals surface area contributed by atoms with Crippen molar-refractivity contribution < 1.29 is 10.2 Å². The third-order valence-electron chi connectivity index (χ3n) is 6.02. The molecule has 0 amide bonds. The van der Waals surface area contributed by atoms with Crippen LogP contribution in [0.1, 0.15) is 0 Å². The standard InChI is InChI=1S/C23H30Br2N4O2/c1-26-12-18(30)13-27-6-8-28(9-7-27)14-19(31)15-29-22-4-2-16(24)10-20(22)21-11-17(25)3-5-23(21)29/h2-5,10-11,18-19,26,30-31H,6-9,12-15H2,1H3. The zero-order chi connectivity index (χ0) is 22.0. The average Bonchev–Trinajstić information content (AvgIpc) is 3.02. The van der Waals surface area contributed by atoms with E-state index in [9.17, 15) is 10.2 Å². The molecule has 1 aliphatic rings. The van der Waals surface area contributed by atoms with E-state index in [2.05, 4.69) is 87.9 Å². The summed E-state index contributed by atoms with van der Waals surface area (Å²) in [6, 6.07) is 12.6. The summed E-state index contributed by atoms with van der Waals surface area (Å²) >= 11 is 7.18. The number of aliphatic hydroxyl groups excluding tert-OH is 2. The fourth-order valence-electron chi connectivity index (χ4n) is 4.56. The van der Waals surface area contributed by atoms with Crippen LogP contribution in [0.15, 0.2) is 45.3 Å². The van der Waals surface area contributed by atoms with Gasteiger partial charge in [0.2, 0.25) is 0 Å². The Morgan fingerprint density at radius 3 is 1.77 bits per heavy atom. The fourth-order valence-corrected chi connectivity index (χ4v) is 5.29. The molecule has 0 aliphatic carbocycles. The van der Waals surface area contributed by atoms with Crippen LogP contribution in [-0.2, 0) is 6.54 Å². The van der Waals surface area contributed by atoms with E-state index in [0.717, 1.165) is 46.2 Å². The van der Waals surface area contributed by atoms with Crippen LogP contribution >= 0.6 is 31.9 Å². The maximum absolute atomic E-state index is 10.9. The number of likely N-dealkylation sites (N-methyl/N-ethyl adjacent to an activating group) is 1. The predicted molar refractivity (Wildman–Crippen MR) is 134 cm³/mol. The zero-order valence-corrected chi connectivity index (χ0v) is 20.9. The molecule has 2 atom stereocenters. The third kappa shape index (κ3) is 5.50. The molecule has 0 spiro atoms. The Hall–Kier alpha value is -1.00. The summed E-state index contributed by atoms with van der Waals surface area (Å²) in [6.45, 7) is 6.20. The van der Waals surface area contributed by atoms with Crippen molar-refractivity contribution in [2.24, 2.45) is 0 Å². The van der Waals surface area contributed by atoms with Gasteiger partial charge in [0.05, 0.1) is 18.8 Å². The van der Waals surface area contributed by atoms with Gasteiger partial charge in [0, 0.05) is 76.6 Å². The van der Waals surface area contributed by atoms with Crippen LogP contribution in [0.25, 0.3) is 21.8 Å². The van der Waals surface area contributed by atoms with Gasteiger partial charge in [0.25, 0.3) is 0 Å². The molecule has 8 heteroatoms. The molecule has 31 heavy (non-hydrogen) atoms. The van der Waals surface area contributed by atoms with Crippen molar-refractivity contribution in [3.63, 3.8) is 0 Å². The highest BCUT2D eigenvalue weighted by molar-refractivity contribution is 9.10. The van der Waals surface area contributed by atoms with E-state index in [1.165, 1.54) is 10.8 Å². The molecule has 3 aromatic rings. The highest BCUT2D eigenvalue weighted by atomic mass is 79.9. The summed E-state index contributed by atoms with van der Waals surface area (Å²) < 4.78 is 4.34. The summed E-state index contributed by atoms with van der Waals surface area (Å²) in [5.74, 6) is 0. The molecule has 2 heterocycles. The Bertz CT molecular complexity index is 974. The van der Waals surface area contributed by atoms with Gasteiger partial charge in [-0.1, -0.05) is 31.9 Å². The first-order chi connectivity index (χ1) is 14.9. The molecule has 2 unspecified atom stereocenters. The van der Waals surface area contributed by atoms with Crippen molar-refractivity contribution in [1.29, 1.82) is 0 Å². The molecular weight excluding hydrogens is 524 g/mol. The lowest BCUT2D eigenvalue weighted by molar-refractivity contribution is 0.0453. The first-order valence-corrected chi connectivity index (χ1v) is 12.4. The van der Waals surface area contributed by atoms with Crippen molar-refractivity contribution in [2.75, 3.05) is 52.9 Å². The number of aliphatic hydroxyl groups is 2. The minimum absolute atomic E-state index is 0.336. The molecule has 6 nitrogen and oxygen atoms in total. The monoisotopic (exact) mass is 552 g/mol. The van der Waals surface area contributed by atoms with Crippen LogP contribution in [0.3, 0.4) is 0 Å². The van der Waals surface area contributed by atoms with Gasteiger partial charge in [-0.3, -0.25) is 9.80 Å². The molecule has 1 saturated heterocycles. The van der Waals surface area contributed by atoms with Crippen LogP contribution in [0.2, 0.25) is 0 Å². The minimum Gasteiger partial charge on any atom is -0.390 e. The molecule has 1 fully saturated rings. The molecule has 4 rings (SSSR count). The van der Waals surface area contributed by atoms with Crippen LogP contribution in [0.4, 0.5) is 0 Å². The molecule has 3 N–H and O–H groups in total. The highest BCUT2D eigenvalue weighted by Crippen LogP contribution is 2.33. The van der Waals surface area contributed by atoms with Gasteiger partial charge in [-0.15, -0.1) is 0 Å². The van der Waals surface area contributed by atoms with Crippen molar-refractivity contribution in [1.82, 2.24) is 19.7 Å². The molecule has 2 aromatic carbocycles. The number of rotatable bonds is 8. The van der Waals surface area contributed by atoms with Crippen LogP contribution < -0.4 is 5.32 Å². The number of hydrogen-bond donors (Lipinski definition) is 3. The van der Waals surface area contributed by atoms with Gasteiger partial charge in [0.15, 0.2) is 0 Å². The number of hydrogen-bond acceptors (Lipinski definition) is 5. The van der Waals surface area contributed by atoms with Gasteiger partial charge < -0.3 is 20.1 Å². The highest BCUT2D eigenvalue weighted by Gasteiger charge is 2.22. The lowest BCUT2D eigenvalue weighted by atomic mass is 10.2. The van der Waals surface area contributed by atoms with Gasteiger partial charge >= 0.3 is 0 Å². The first kappa shape index (κ1) is 23.2. The Morgan fingerprint density at radius 1 is 0.806 bits per heavy atom. The van der Waals surface area contributed by atoms with E-state index in [1.807, 2.05) is 7.05 Å². The second-order valence-electron chi connectivity index (χ2n) is 8.40. The minimum atomic E-state index is -0.451. The molecular formula is C23H30Br2N4O2. The average molecular weight is 554 g/mol. The van der Waals surface area contributed by atoms with E-state index in [4.69, 9.17) is 0 Å². The van der Waals surface area contributed by atoms with Crippen LogP contribution in [-0.4, -0.2) is 89.6 Å². The van der Waals surface area contributed by atoms with Crippen molar-refractivity contribution in [3.05, 3.63) is 45.3 Å². The first-order valence-electron chi connectivity index (χ1n) is 10.8. The predicted octanol–water partition coefficient (Wildman–Crippen LogP) is 2.88. The SMILES string of the molecule is CNCC(O)CN1CCN(CC(O)Cn2c3ccc(Br)cc3c3cc(Br)ccc32)CC1. The third-order valence-corrected chi connectivity index (χ3v) is 7.01. The Balaban J connectivity index is 1.43. The number of nitrogens with one attached hydrogen (secondary N) is 1. The van der Waals surface area contributed by atoms with E-state index < -0.39 is 6.10 Å². The number of β-amino-alcohol motifs (C(OH)–C–C–N with tert-alkyl or cyclic N) is 2. The largest absolute Gasteiger partial charge is 0.390 e. The second-order valence-corrected chi connectivity index (χ2v) is 10.2. The summed E-state index contributed by atoms with van der Waals surface area (Å²) in [6.07, 6.45) is -0.787. The van der Waals surface area contributed by atoms with Gasteiger partial charge in [0.1, 0.15) is 0 Å². The van der Waals surface area contributed by atoms with Crippen LogP contribution in [0, 0.1) is 0 Å². The molecule has 0 radical (unpaired) electrons. The number of aromatic nitrogens is 1. The molecule has 1 aliphatic heterocycles. The topological polar surface area (TPSA) is 63.9 Å². The smallest absolute Gasteiger partial charge is 0.0845 e. The summed E-state index contributed by atoms with van der Waals surface area (Å²) in [4.78, 5) is 4.63. The maximum Gasteiger partial charge on any atom is 0.0845 e. The van der Waals surface area contributed by atoms with Gasteiger partial charge in [-0.25, -0.2) is 0 Å². The fraction of sp³-hybridized carbons (Fsp3) is 0.478. The van der Waals surface area contributed by atoms with Crippen molar-refractivity contribution in [3.8, 4) is 0 Å². The van der Waals surface area contributed by atoms with Gasteiger partial charge in [-0.05, 0) is 43.4 Å². The number of piperazine rings is 1. The lowest BCUT2D eigenvalue weighted by Crippen LogP contribution is -2.51. The number of fused-ring (bicyclic) bond motifs is 3. The zero-order valence-electron chi connectivity index (χ0n) is 17.8. The molecule has 1 aromatic heterocycles. The maximum atomic E-state index is 10.9. The van der Waals surface area contributed by atoms with Gasteiger partial charge in [-0.2, -0.15) is 0 Å². The van der Waals surface area contributed by atoms with E-state index >= 15 is 0 Å². The lowest BCUT2D eigenvalue weighted by Gasteiger charge is -2.36. The summed E-state index contributed by atoms with van der Waals surface area (Å²) in [5, 5.41) is 26.3. The molecule has 0 bridgehead atoms. The normalized spacial score (nSPS) is 18.1. The summed E-state index contributed by atoms with van der Waals surface area (Å²) in [5.41, 5.74) is 2.28.